The molecule has 0 N–H and O–H groups in total. The molecular formula is C16H12BrClO3. The Morgan fingerprint density at radius 2 is 1.81 bits per heavy atom. The second-order valence-corrected chi connectivity index (χ2v) is 5.75. The first kappa shape index (κ1) is 15.7. The number of ether oxygens (including phenoxy) is 1. The van der Waals surface area contributed by atoms with E-state index in [0.717, 1.165) is 10.0 Å². The molecule has 0 atom stereocenters. The lowest BCUT2D eigenvalue weighted by atomic mass is 10.1. The Hall–Kier alpha value is -1.65. The van der Waals surface area contributed by atoms with Crippen LogP contribution < -0.4 is 0 Å². The summed E-state index contributed by atoms with van der Waals surface area (Å²) in [6, 6.07) is 13.9. The normalized spacial score (nSPS) is 10.2. The van der Waals surface area contributed by atoms with Crippen molar-refractivity contribution in [1.82, 2.24) is 0 Å². The molecule has 0 aliphatic heterocycles. The summed E-state index contributed by atoms with van der Waals surface area (Å²) in [5.41, 5.74) is 1.26. The molecule has 0 aliphatic carbocycles. The van der Waals surface area contributed by atoms with Crippen LogP contribution in [0.15, 0.2) is 53.0 Å². The van der Waals surface area contributed by atoms with Crippen molar-refractivity contribution in [2.24, 2.45) is 0 Å². The molecule has 21 heavy (non-hydrogen) atoms. The van der Waals surface area contributed by atoms with Crippen LogP contribution in [0.2, 0.25) is 5.02 Å². The Balaban J connectivity index is 1.86. The lowest BCUT2D eigenvalue weighted by molar-refractivity contribution is -0.141. The molecule has 2 aromatic carbocycles. The molecule has 2 aromatic rings. The topological polar surface area (TPSA) is 43.4 Å². The maximum Gasteiger partial charge on any atom is 0.310 e. The van der Waals surface area contributed by atoms with Crippen LogP contribution >= 0.6 is 27.5 Å². The van der Waals surface area contributed by atoms with Crippen LogP contribution in [0.5, 0.6) is 0 Å². The van der Waals surface area contributed by atoms with Gasteiger partial charge in [-0.25, -0.2) is 0 Å². The van der Waals surface area contributed by atoms with Crippen LogP contribution in [0, 0.1) is 0 Å². The molecule has 0 aromatic heterocycles. The van der Waals surface area contributed by atoms with Crippen molar-refractivity contribution in [3.8, 4) is 0 Å². The van der Waals surface area contributed by atoms with Gasteiger partial charge in [-0.1, -0.05) is 51.8 Å². The zero-order valence-corrected chi connectivity index (χ0v) is 13.4. The molecule has 0 saturated heterocycles. The maximum atomic E-state index is 11.9. The van der Waals surface area contributed by atoms with Gasteiger partial charge in [-0.05, 0) is 29.8 Å². The Morgan fingerprint density at radius 3 is 2.48 bits per heavy atom. The van der Waals surface area contributed by atoms with Gasteiger partial charge in [0.1, 0.15) is 0 Å². The molecule has 2 rings (SSSR count). The van der Waals surface area contributed by atoms with Gasteiger partial charge in [0.15, 0.2) is 12.4 Å². The highest BCUT2D eigenvalue weighted by molar-refractivity contribution is 9.10. The fourth-order valence-corrected chi connectivity index (χ4v) is 2.17. The number of benzene rings is 2. The summed E-state index contributed by atoms with van der Waals surface area (Å²) in [6.07, 6.45) is 0.135. The number of carbonyl (C=O) groups excluding carboxylic acids is 2. The minimum atomic E-state index is -0.437. The molecule has 3 nitrogen and oxygen atoms in total. The quantitative estimate of drug-likeness (QED) is 0.591. The van der Waals surface area contributed by atoms with Crippen molar-refractivity contribution in [2.45, 2.75) is 6.42 Å². The summed E-state index contributed by atoms with van der Waals surface area (Å²) in [5.74, 6) is -0.714. The highest BCUT2D eigenvalue weighted by atomic mass is 79.9. The van der Waals surface area contributed by atoms with Gasteiger partial charge in [0.25, 0.3) is 0 Å². The van der Waals surface area contributed by atoms with Crippen LogP contribution in [0.1, 0.15) is 15.9 Å². The zero-order chi connectivity index (χ0) is 15.2. The monoisotopic (exact) mass is 366 g/mol. The van der Waals surface area contributed by atoms with E-state index in [1.165, 1.54) is 0 Å². The van der Waals surface area contributed by atoms with Crippen LogP contribution in [0.4, 0.5) is 0 Å². The van der Waals surface area contributed by atoms with E-state index < -0.39 is 5.97 Å². The van der Waals surface area contributed by atoms with Gasteiger partial charge in [-0.2, -0.15) is 0 Å². The van der Waals surface area contributed by atoms with E-state index in [9.17, 15) is 9.59 Å². The summed E-state index contributed by atoms with van der Waals surface area (Å²) < 4.78 is 5.93. The number of ketones is 1. The highest BCUT2D eigenvalue weighted by Gasteiger charge is 2.11. The van der Waals surface area contributed by atoms with Gasteiger partial charge in [0.05, 0.1) is 6.42 Å². The minimum Gasteiger partial charge on any atom is -0.457 e. The van der Waals surface area contributed by atoms with Gasteiger partial charge in [-0.3, -0.25) is 9.59 Å². The first-order valence-corrected chi connectivity index (χ1v) is 7.40. The standard InChI is InChI=1S/C16H12BrClO3/c17-13-6-4-11(5-7-13)8-16(20)21-10-15(19)12-2-1-3-14(18)9-12/h1-7,9H,8,10H2. The fraction of sp³-hybridized carbons (Fsp3) is 0.125. The van der Waals surface area contributed by atoms with Crippen molar-refractivity contribution in [3.05, 3.63) is 69.2 Å². The number of carbonyl (C=O) groups is 2. The van der Waals surface area contributed by atoms with E-state index in [0.29, 0.717) is 10.6 Å². The van der Waals surface area contributed by atoms with E-state index >= 15 is 0 Å². The van der Waals surface area contributed by atoms with Crippen LogP contribution in [-0.4, -0.2) is 18.4 Å². The smallest absolute Gasteiger partial charge is 0.310 e. The second kappa shape index (κ2) is 7.38. The third kappa shape index (κ3) is 4.99. The van der Waals surface area contributed by atoms with Crippen LogP contribution in [0.25, 0.3) is 0 Å². The molecule has 0 fully saturated rings. The molecule has 0 saturated carbocycles. The molecular weight excluding hydrogens is 356 g/mol. The molecule has 5 heteroatoms. The van der Waals surface area contributed by atoms with Crippen molar-refractivity contribution < 1.29 is 14.3 Å². The lowest BCUT2D eigenvalue weighted by Gasteiger charge is -2.05. The zero-order valence-electron chi connectivity index (χ0n) is 11.0. The maximum absolute atomic E-state index is 11.9. The Bertz CT molecular complexity index is 653. The number of halogens is 2. The summed E-state index contributed by atoms with van der Waals surface area (Å²) in [7, 11) is 0. The number of rotatable bonds is 5. The molecule has 0 radical (unpaired) electrons. The van der Waals surface area contributed by atoms with E-state index in [1.54, 1.807) is 24.3 Å². The Labute approximate surface area is 136 Å². The molecule has 0 bridgehead atoms. The first-order chi connectivity index (χ1) is 10.0. The fourth-order valence-electron chi connectivity index (χ4n) is 1.71. The molecule has 0 aliphatic rings. The summed E-state index contributed by atoms with van der Waals surface area (Å²) in [5, 5.41) is 0.474. The Morgan fingerprint density at radius 1 is 1.10 bits per heavy atom. The summed E-state index contributed by atoms with van der Waals surface area (Å²) >= 11 is 9.13. The number of esters is 1. The largest absolute Gasteiger partial charge is 0.457 e. The second-order valence-electron chi connectivity index (χ2n) is 4.40. The first-order valence-electron chi connectivity index (χ1n) is 6.23. The number of Topliss-reactive ketones (excluding diaryl/α,β-unsaturated/α-hetero) is 1. The van der Waals surface area contributed by atoms with E-state index in [4.69, 9.17) is 16.3 Å². The third-order valence-electron chi connectivity index (χ3n) is 2.77. The van der Waals surface area contributed by atoms with Crippen molar-refractivity contribution in [1.29, 1.82) is 0 Å². The van der Waals surface area contributed by atoms with E-state index in [2.05, 4.69) is 15.9 Å². The van der Waals surface area contributed by atoms with Crippen LogP contribution in [-0.2, 0) is 16.0 Å². The summed E-state index contributed by atoms with van der Waals surface area (Å²) in [4.78, 5) is 23.5. The average molecular weight is 368 g/mol. The third-order valence-corrected chi connectivity index (χ3v) is 3.54. The van der Waals surface area contributed by atoms with E-state index in [-0.39, 0.29) is 18.8 Å². The van der Waals surface area contributed by atoms with Gasteiger partial charge < -0.3 is 4.74 Å². The number of hydrogen-bond donors (Lipinski definition) is 0. The van der Waals surface area contributed by atoms with Gasteiger partial charge in [0.2, 0.25) is 0 Å². The van der Waals surface area contributed by atoms with E-state index in [1.807, 2.05) is 24.3 Å². The highest BCUT2D eigenvalue weighted by Crippen LogP contribution is 2.12. The predicted molar refractivity (Wildman–Crippen MR) is 84.6 cm³/mol. The SMILES string of the molecule is O=C(Cc1ccc(Br)cc1)OCC(=O)c1cccc(Cl)c1. The molecule has 0 unspecified atom stereocenters. The van der Waals surface area contributed by atoms with Gasteiger partial charge >= 0.3 is 5.97 Å². The van der Waals surface area contributed by atoms with Crippen molar-refractivity contribution >= 4 is 39.3 Å². The number of hydrogen-bond acceptors (Lipinski definition) is 3. The molecule has 0 spiro atoms. The average Bonchev–Trinajstić information content (AvgIpc) is 2.47. The summed E-state index contributed by atoms with van der Waals surface area (Å²) in [6.45, 7) is -0.282. The molecule has 0 amide bonds. The van der Waals surface area contributed by atoms with Crippen LogP contribution in [0.3, 0.4) is 0 Å². The predicted octanol–water partition coefficient (Wildman–Crippen LogP) is 4.07. The molecule has 0 heterocycles. The van der Waals surface area contributed by atoms with Gasteiger partial charge in [0, 0.05) is 15.1 Å². The van der Waals surface area contributed by atoms with Crippen molar-refractivity contribution in [2.75, 3.05) is 6.61 Å². The molecule has 108 valence electrons. The lowest BCUT2D eigenvalue weighted by Crippen LogP contribution is -2.15. The Kier molecular flexibility index (Phi) is 5.53. The van der Waals surface area contributed by atoms with Crippen molar-refractivity contribution in [3.63, 3.8) is 0 Å². The van der Waals surface area contributed by atoms with Gasteiger partial charge in [-0.15, -0.1) is 0 Å². The minimum absolute atomic E-state index is 0.135.